The quantitative estimate of drug-likeness (QED) is 0.845. The molecule has 2 saturated carbocycles. The Hall–Kier alpha value is -0.0800. The average Bonchev–Trinajstić information content (AvgIpc) is 2.41. The SMILES string of the molecule is CC1CCC(C(N)C2(N(C)C)CCCCC2)CC1C. The Labute approximate surface area is 120 Å². The topological polar surface area (TPSA) is 29.3 Å². The molecule has 4 unspecified atom stereocenters. The van der Waals surface area contributed by atoms with Crippen LogP contribution in [0.2, 0.25) is 0 Å². The molecule has 2 aliphatic carbocycles. The van der Waals surface area contributed by atoms with Gasteiger partial charge in [0.25, 0.3) is 0 Å². The van der Waals surface area contributed by atoms with E-state index in [9.17, 15) is 0 Å². The van der Waals surface area contributed by atoms with E-state index in [2.05, 4.69) is 32.8 Å². The summed E-state index contributed by atoms with van der Waals surface area (Å²) < 4.78 is 0. The van der Waals surface area contributed by atoms with Crippen LogP contribution in [0.5, 0.6) is 0 Å². The molecule has 0 aromatic heterocycles. The number of nitrogens with two attached hydrogens (primary N) is 1. The Morgan fingerprint density at radius 2 is 1.63 bits per heavy atom. The molecule has 19 heavy (non-hydrogen) atoms. The van der Waals surface area contributed by atoms with Gasteiger partial charge in [-0.25, -0.2) is 0 Å². The summed E-state index contributed by atoms with van der Waals surface area (Å²) in [6.07, 6.45) is 10.8. The maximum absolute atomic E-state index is 6.83. The Morgan fingerprint density at radius 1 is 1.00 bits per heavy atom. The first kappa shape index (κ1) is 15.3. The van der Waals surface area contributed by atoms with Crippen LogP contribution in [0.25, 0.3) is 0 Å². The highest BCUT2D eigenvalue weighted by molar-refractivity contribution is 5.02. The van der Waals surface area contributed by atoms with Crippen molar-refractivity contribution in [2.45, 2.75) is 76.8 Å². The van der Waals surface area contributed by atoms with Crippen LogP contribution in [-0.2, 0) is 0 Å². The number of likely N-dealkylation sites (N-methyl/N-ethyl adjacent to an activating group) is 1. The molecule has 2 heteroatoms. The van der Waals surface area contributed by atoms with Gasteiger partial charge in [0.15, 0.2) is 0 Å². The van der Waals surface area contributed by atoms with Gasteiger partial charge in [-0.05, 0) is 57.5 Å². The van der Waals surface area contributed by atoms with Crippen LogP contribution in [0.15, 0.2) is 0 Å². The number of nitrogens with zero attached hydrogens (tertiary/aromatic N) is 1. The molecule has 0 radical (unpaired) electrons. The zero-order chi connectivity index (χ0) is 14.0. The van der Waals surface area contributed by atoms with Crippen molar-refractivity contribution in [1.29, 1.82) is 0 Å². The molecule has 2 aliphatic rings. The van der Waals surface area contributed by atoms with Crippen molar-refractivity contribution in [1.82, 2.24) is 4.90 Å². The lowest BCUT2D eigenvalue weighted by molar-refractivity contribution is 0.0298. The van der Waals surface area contributed by atoms with Crippen molar-refractivity contribution in [3.05, 3.63) is 0 Å². The molecule has 2 fully saturated rings. The fraction of sp³-hybridized carbons (Fsp3) is 1.00. The summed E-state index contributed by atoms with van der Waals surface area (Å²) in [5.74, 6) is 2.49. The van der Waals surface area contributed by atoms with E-state index in [4.69, 9.17) is 5.73 Å². The molecule has 112 valence electrons. The van der Waals surface area contributed by atoms with Crippen LogP contribution in [0.4, 0.5) is 0 Å². The minimum atomic E-state index is 0.281. The lowest BCUT2D eigenvalue weighted by atomic mass is 9.65. The summed E-state index contributed by atoms with van der Waals surface area (Å²) in [4.78, 5) is 2.46. The fourth-order valence-electron chi connectivity index (χ4n) is 4.60. The van der Waals surface area contributed by atoms with Crippen molar-refractivity contribution in [3.63, 3.8) is 0 Å². The summed E-state index contributed by atoms with van der Waals surface area (Å²) in [7, 11) is 4.50. The van der Waals surface area contributed by atoms with Crippen LogP contribution in [0.1, 0.15) is 65.2 Å². The lowest BCUT2D eigenvalue weighted by Gasteiger charge is -2.51. The Kier molecular flexibility index (Phi) is 4.94. The molecule has 0 amide bonds. The second-order valence-electron chi connectivity index (χ2n) is 7.61. The van der Waals surface area contributed by atoms with Gasteiger partial charge < -0.3 is 10.6 Å². The highest BCUT2D eigenvalue weighted by Gasteiger charge is 2.44. The highest BCUT2D eigenvalue weighted by atomic mass is 15.2. The maximum atomic E-state index is 6.83. The summed E-state index contributed by atoms with van der Waals surface area (Å²) in [6, 6.07) is 0.373. The average molecular weight is 266 g/mol. The van der Waals surface area contributed by atoms with E-state index in [1.807, 2.05) is 0 Å². The molecule has 2 nitrogen and oxygen atoms in total. The van der Waals surface area contributed by atoms with E-state index in [1.54, 1.807) is 0 Å². The van der Waals surface area contributed by atoms with Crippen molar-refractivity contribution in [2.75, 3.05) is 14.1 Å². The molecule has 0 bridgehead atoms. The second kappa shape index (κ2) is 6.13. The number of rotatable bonds is 3. The zero-order valence-corrected chi connectivity index (χ0v) is 13.5. The number of hydrogen-bond acceptors (Lipinski definition) is 2. The summed E-state index contributed by atoms with van der Waals surface area (Å²) >= 11 is 0. The van der Waals surface area contributed by atoms with Crippen LogP contribution in [-0.4, -0.2) is 30.6 Å². The molecule has 0 heterocycles. The third kappa shape index (κ3) is 3.00. The molecule has 4 atom stereocenters. The summed E-state index contributed by atoms with van der Waals surface area (Å²) in [5, 5.41) is 0. The van der Waals surface area contributed by atoms with E-state index in [-0.39, 0.29) is 5.54 Å². The molecule has 0 aromatic rings. The highest BCUT2D eigenvalue weighted by Crippen LogP contribution is 2.42. The summed E-state index contributed by atoms with van der Waals surface area (Å²) in [5.41, 5.74) is 7.11. The van der Waals surface area contributed by atoms with Crippen molar-refractivity contribution < 1.29 is 0 Å². The van der Waals surface area contributed by atoms with Crippen molar-refractivity contribution in [3.8, 4) is 0 Å². The predicted molar refractivity (Wildman–Crippen MR) is 83.1 cm³/mol. The smallest absolute Gasteiger partial charge is 0.0357 e. The van der Waals surface area contributed by atoms with E-state index in [1.165, 1.54) is 51.4 Å². The third-order valence-electron chi connectivity index (χ3n) is 6.38. The molecular formula is C17H34N2. The van der Waals surface area contributed by atoms with Crippen molar-refractivity contribution >= 4 is 0 Å². The first-order valence-electron chi connectivity index (χ1n) is 8.40. The van der Waals surface area contributed by atoms with Gasteiger partial charge in [0.05, 0.1) is 0 Å². The zero-order valence-electron chi connectivity index (χ0n) is 13.5. The van der Waals surface area contributed by atoms with Crippen LogP contribution >= 0.6 is 0 Å². The fourth-order valence-corrected chi connectivity index (χ4v) is 4.60. The van der Waals surface area contributed by atoms with Gasteiger partial charge in [-0.1, -0.05) is 39.5 Å². The maximum Gasteiger partial charge on any atom is 0.0357 e. The molecule has 0 saturated heterocycles. The predicted octanol–water partition coefficient (Wildman–Crippen LogP) is 3.65. The van der Waals surface area contributed by atoms with Crippen LogP contribution < -0.4 is 5.73 Å². The molecule has 2 rings (SSSR count). The van der Waals surface area contributed by atoms with Crippen LogP contribution in [0, 0.1) is 17.8 Å². The number of hydrogen-bond donors (Lipinski definition) is 1. The van der Waals surface area contributed by atoms with Gasteiger partial charge in [0.1, 0.15) is 0 Å². The Balaban J connectivity index is 2.09. The molecule has 2 N–H and O–H groups in total. The second-order valence-corrected chi connectivity index (χ2v) is 7.61. The largest absolute Gasteiger partial charge is 0.326 e. The Bertz CT molecular complexity index is 281. The lowest BCUT2D eigenvalue weighted by Crippen LogP contribution is -2.61. The van der Waals surface area contributed by atoms with Gasteiger partial charge >= 0.3 is 0 Å². The van der Waals surface area contributed by atoms with Crippen molar-refractivity contribution in [2.24, 2.45) is 23.5 Å². The van der Waals surface area contributed by atoms with E-state index in [0.29, 0.717) is 6.04 Å². The van der Waals surface area contributed by atoms with Gasteiger partial charge in [0, 0.05) is 11.6 Å². The molecule has 0 spiro atoms. The molecule has 0 aliphatic heterocycles. The van der Waals surface area contributed by atoms with Gasteiger partial charge in [-0.2, -0.15) is 0 Å². The molecule has 0 aromatic carbocycles. The normalized spacial score (nSPS) is 37.3. The third-order valence-corrected chi connectivity index (χ3v) is 6.38. The van der Waals surface area contributed by atoms with E-state index < -0.39 is 0 Å². The van der Waals surface area contributed by atoms with E-state index in [0.717, 1.165) is 17.8 Å². The first-order valence-corrected chi connectivity index (χ1v) is 8.40. The van der Waals surface area contributed by atoms with Crippen LogP contribution in [0.3, 0.4) is 0 Å². The van der Waals surface area contributed by atoms with Gasteiger partial charge in [-0.15, -0.1) is 0 Å². The standard InChI is InChI=1S/C17H34N2/c1-13-8-9-15(12-14(13)2)16(18)17(19(3)4)10-6-5-7-11-17/h13-16H,5-12,18H2,1-4H3. The van der Waals surface area contributed by atoms with E-state index >= 15 is 0 Å². The molecular weight excluding hydrogens is 232 g/mol. The van der Waals surface area contributed by atoms with Gasteiger partial charge in [0.2, 0.25) is 0 Å². The monoisotopic (exact) mass is 266 g/mol. The summed E-state index contributed by atoms with van der Waals surface area (Å²) in [6.45, 7) is 4.83. The Morgan fingerprint density at radius 3 is 2.16 bits per heavy atom. The van der Waals surface area contributed by atoms with Gasteiger partial charge in [-0.3, -0.25) is 0 Å². The minimum absolute atomic E-state index is 0.281. The first-order chi connectivity index (χ1) is 8.97. The minimum Gasteiger partial charge on any atom is -0.326 e.